The summed E-state index contributed by atoms with van der Waals surface area (Å²) >= 11 is 0. The van der Waals surface area contributed by atoms with E-state index in [-0.39, 0.29) is 34.6 Å². The van der Waals surface area contributed by atoms with Crippen molar-refractivity contribution in [2.24, 2.45) is 0 Å². The first-order valence-corrected chi connectivity index (χ1v) is 9.19. The molecule has 2 aromatic heterocycles. The van der Waals surface area contributed by atoms with Crippen LogP contribution in [0.2, 0.25) is 0 Å². The zero-order valence-electron chi connectivity index (χ0n) is 15.7. The number of benzene rings is 1. The van der Waals surface area contributed by atoms with E-state index in [0.29, 0.717) is 30.8 Å². The third kappa shape index (κ3) is 3.46. The van der Waals surface area contributed by atoms with Crippen LogP contribution in [-0.4, -0.2) is 48.9 Å². The maximum absolute atomic E-state index is 13.2. The van der Waals surface area contributed by atoms with Gasteiger partial charge < -0.3 is 10.6 Å². The van der Waals surface area contributed by atoms with Gasteiger partial charge >= 0.3 is 0 Å². The molecule has 29 heavy (non-hydrogen) atoms. The molecule has 1 fully saturated rings. The highest BCUT2D eigenvalue weighted by atomic mass is 19.1. The van der Waals surface area contributed by atoms with Crippen molar-refractivity contribution < 1.29 is 14.0 Å². The van der Waals surface area contributed by atoms with Crippen molar-refractivity contribution in [3.63, 3.8) is 0 Å². The van der Waals surface area contributed by atoms with Crippen LogP contribution in [0.4, 0.5) is 10.2 Å². The van der Waals surface area contributed by atoms with Crippen molar-refractivity contribution >= 4 is 17.5 Å². The van der Waals surface area contributed by atoms with Crippen molar-refractivity contribution in [1.29, 1.82) is 0 Å². The van der Waals surface area contributed by atoms with Gasteiger partial charge in [-0.2, -0.15) is 5.10 Å². The molecule has 0 bridgehead atoms. The molecule has 2 N–H and O–H groups in total. The van der Waals surface area contributed by atoms with Crippen molar-refractivity contribution in [3.8, 4) is 5.69 Å². The Labute approximate surface area is 166 Å². The molecule has 0 radical (unpaired) electrons. The molecule has 1 aliphatic heterocycles. The fraction of sp³-hybridized carbons (Fsp3) is 0.250. The fourth-order valence-corrected chi connectivity index (χ4v) is 3.45. The Balaban J connectivity index is 1.59. The Hall–Kier alpha value is -3.62. The lowest BCUT2D eigenvalue weighted by atomic mass is 10.0. The van der Waals surface area contributed by atoms with Gasteiger partial charge in [0.05, 0.1) is 35.4 Å². The largest absolute Gasteiger partial charge is 0.383 e. The maximum Gasteiger partial charge on any atom is 0.274 e. The van der Waals surface area contributed by atoms with Crippen LogP contribution in [-0.2, 0) is 0 Å². The quantitative estimate of drug-likeness (QED) is 0.680. The average molecular weight is 394 g/mol. The molecule has 3 heterocycles. The Morgan fingerprint density at radius 3 is 2.59 bits per heavy atom. The summed E-state index contributed by atoms with van der Waals surface area (Å²) in [4.78, 5) is 35.7. The Morgan fingerprint density at radius 2 is 1.90 bits per heavy atom. The number of rotatable bonds is 4. The van der Waals surface area contributed by atoms with E-state index in [0.717, 1.165) is 0 Å². The van der Waals surface area contributed by atoms with E-state index in [2.05, 4.69) is 15.1 Å². The van der Waals surface area contributed by atoms with E-state index in [1.54, 1.807) is 6.92 Å². The normalized spacial score (nSPS) is 16.2. The third-order valence-corrected chi connectivity index (χ3v) is 4.96. The summed E-state index contributed by atoms with van der Waals surface area (Å²) in [5.74, 6) is -0.842. The lowest BCUT2D eigenvalue weighted by Crippen LogP contribution is -2.41. The SMILES string of the molecule is Cc1cnc(C(=O)N2CCC[C@H]2C(=O)c2cnn(-c3ccc(F)cc3)c2N)cn1. The first-order chi connectivity index (χ1) is 14.0. The van der Waals surface area contributed by atoms with E-state index in [1.807, 2.05) is 0 Å². The van der Waals surface area contributed by atoms with Crippen LogP contribution in [0.5, 0.6) is 0 Å². The number of likely N-dealkylation sites (tertiary alicyclic amines) is 1. The molecule has 1 aliphatic rings. The standard InChI is InChI=1S/C20H19FN6O2/c1-12-9-24-16(11-23-12)20(29)26-8-2-3-17(26)18(28)15-10-25-27(19(15)22)14-6-4-13(21)5-7-14/h4-7,9-11,17H,2-3,8,22H2,1H3/t17-/m0/s1. The number of Topliss-reactive ketones (excluding diaryl/α,β-unsaturated/α-hetero) is 1. The summed E-state index contributed by atoms with van der Waals surface area (Å²) in [5.41, 5.74) is 7.83. The molecular weight excluding hydrogens is 375 g/mol. The van der Waals surface area contributed by atoms with Crippen molar-refractivity contribution in [2.75, 3.05) is 12.3 Å². The van der Waals surface area contributed by atoms with Crippen LogP contribution < -0.4 is 5.73 Å². The van der Waals surface area contributed by atoms with Gasteiger partial charge in [-0.05, 0) is 44.0 Å². The molecule has 1 atom stereocenters. The highest BCUT2D eigenvalue weighted by molar-refractivity contribution is 6.06. The number of amides is 1. The number of anilines is 1. The second kappa shape index (κ2) is 7.42. The van der Waals surface area contributed by atoms with Crippen molar-refractivity contribution in [3.05, 3.63) is 65.6 Å². The Morgan fingerprint density at radius 1 is 1.14 bits per heavy atom. The minimum Gasteiger partial charge on any atom is -0.383 e. The number of hydrogen-bond acceptors (Lipinski definition) is 6. The van der Waals surface area contributed by atoms with Crippen LogP contribution in [0.1, 0.15) is 39.4 Å². The minimum atomic E-state index is -0.640. The van der Waals surface area contributed by atoms with Gasteiger partial charge in [0.1, 0.15) is 17.3 Å². The number of aryl methyl sites for hydroxylation is 1. The number of halogens is 1. The van der Waals surface area contributed by atoms with Gasteiger partial charge in [0, 0.05) is 12.7 Å². The van der Waals surface area contributed by atoms with E-state index >= 15 is 0 Å². The van der Waals surface area contributed by atoms with Crippen LogP contribution in [0.25, 0.3) is 5.69 Å². The highest BCUT2D eigenvalue weighted by Crippen LogP contribution is 2.26. The molecule has 148 valence electrons. The predicted molar refractivity (Wildman–Crippen MR) is 103 cm³/mol. The predicted octanol–water partition coefficient (Wildman–Crippen LogP) is 2.18. The summed E-state index contributed by atoms with van der Waals surface area (Å²) in [7, 11) is 0. The van der Waals surface area contributed by atoms with Crippen LogP contribution in [0.15, 0.2) is 42.9 Å². The van der Waals surface area contributed by atoms with Gasteiger partial charge in [0.25, 0.3) is 5.91 Å². The molecule has 0 saturated carbocycles. The van der Waals surface area contributed by atoms with Gasteiger partial charge in [0.15, 0.2) is 5.78 Å². The molecule has 0 spiro atoms. The van der Waals surface area contributed by atoms with Gasteiger partial charge in [0.2, 0.25) is 0 Å². The first-order valence-electron chi connectivity index (χ1n) is 9.19. The zero-order chi connectivity index (χ0) is 20.5. The molecule has 9 heteroatoms. The minimum absolute atomic E-state index is 0.149. The molecule has 0 unspecified atom stereocenters. The first kappa shape index (κ1) is 18.7. The number of carbonyl (C=O) groups excluding carboxylic acids is 2. The van der Waals surface area contributed by atoms with Gasteiger partial charge in [-0.1, -0.05) is 0 Å². The molecule has 1 saturated heterocycles. The summed E-state index contributed by atoms with van der Waals surface area (Å²) in [5, 5.41) is 4.17. The van der Waals surface area contributed by atoms with E-state index in [4.69, 9.17) is 5.73 Å². The molecular formula is C20H19FN6O2. The number of aromatic nitrogens is 4. The molecule has 4 rings (SSSR count). The monoisotopic (exact) mass is 394 g/mol. The van der Waals surface area contributed by atoms with E-state index in [9.17, 15) is 14.0 Å². The Bertz CT molecular complexity index is 1060. The van der Waals surface area contributed by atoms with Gasteiger partial charge in [-0.3, -0.25) is 14.6 Å². The summed E-state index contributed by atoms with van der Waals surface area (Å²) in [6.07, 6.45) is 5.55. The van der Waals surface area contributed by atoms with Gasteiger partial charge in [-0.25, -0.2) is 14.1 Å². The fourth-order valence-electron chi connectivity index (χ4n) is 3.45. The van der Waals surface area contributed by atoms with Crippen LogP contribution in [0.3, 0.4) is 0 Å². The Kier molecular flexibility index (Phi) is 4.79. The molecule has 8 nitrogen and oxygen atoms in total. The summed E-state index contributed by atoms with van der Waals surface area (Å²) in [6, 6.07) is 4.98. The van der Waals surface area contributed by atoms with E-state index in [1.165, 1.54) is 52.4 Å². The number of nitrogens with zero attached hydrogens (tertiary/aromatic N) is 5. The smallest absolute Gasteiger partial charge is 0.274 e. The lowest BCUT2D eigenvalue weighted by molar-refractivity contribution is 0.0667. The summed E-state index contributed by atoms with van der Waals surface area (Å²) < 4.78 is 14.5. The highest BCUT2D eigenvalue weighted by Gasteiger charge is 2.37. The lowest BCUT2D eigenvalue weighted by Gasteiger charge is -2.23. The number of nitrogens with two attached hydrogens (primary N) is 1. The average Bonchev–Trinajstić information content (AvgIpc) is 3.35. The van der Waals surface area contributed by atoms with E-state index < -0.39 is 6.04 Å². The van der Waals surface area contributed by atoms with Crippen molar-refractivity contribution in [2.45, 2.75) is 25.8 Å². The number of carbonyl (C=O) groups is 2. The van der Waals surface area contributed by atoms with Crippen LogP contribution in [0, 0.1) is 12.7 Å². The third-order valence-electron chi connectivity index (χ3n) is 4.96. The molecule has 0 aliphatic carbocycles. The van der Waals surface area contributed by atoms with Crippen molar-refractivity contribution in [1.82, 2.24) is 24.6 Å². The second-order valence-electron chi connectivity index (χ2n) is 6.90. The number of ketones is 1. The maximum atomic E-state index is 13.2. The van der Waals surface area contributed by atoms with Gasteiger partial charge in [-0.15, -0.1) is 0 Å². The molecule has 1 amide bonds. The zero-order valence-corrected chi connectivity index (χ0v) is 15.7. The molecule has 3 aromatic rings. The van der Waals surface area contributed by atoms with Crippen LogP contribution >= 0.6 is 0 Å². The number of hydrogen-bond donors (Lipinski definition) is 1. The number of nitrogen functional groups attached to an aromatic ring is 1. The second-order valence-corrected chi connectivity index (χ2v) is 6.90. The molecule has 1 aromatic carbocycles. The topological polar surface area (TPSA) is 107 Å². The summed E-state index contributed by atoms with van der Waals surface area (Å²) in [6.45, 7) is 2.24.